The number of rotatable bonds is 8. The molecule has 2 heterocycles. The molecule has 0 bridgehead atoms. The van der Waals surface area contributed by atoms with Gasteiger partial charge in [-0.05, 0) is 36.1 Å². The van der Waals surface area contributed by atoms with Crippen molar-refractivity contribution >= 4 is 17.3 Å². The first-order valence-electron chi connectivity index (χ1n) is 9.66. The van der Waals surface area contributed by atoms with Crippen molar-refractivity contribution in [1.29, 1.82) is 0 Å². The molecule has 2 N–H and O–H groups in total. The Bertz CT molecular complexity index is 1010. The summed E-state index contributed by atoms with van der Waals surface area (Å²) in [5, 5.41) is 5.74. The number of hydrogen-bond donors (Lipinski definition) is 2. The van der Waals surface area contributed by atoms with Crippen LogP contribution in [0.25, 0.3) is 5.52 Å². The molecule has 0 unspecified atom stereocenters. The van der Waals surface area contributed by atoms with E-state index in [-0.39, 0.29) is 23.3 Å². The SMILES string of the molecule is COc1ccccc1CCNC(=O)c1nc(C(=O)NCC(C)C)c2ccccn12. The number of benzene rings is 1. The molecule has 152 valence electrons. The highest BCUT2D eigenvalue weighted by Crippen LogP contribution is 2.17. The Kier molecular flexibility index (Phi) is 6.49. The molecule has 2 aromatic heterocycles. The second-order valence-electron chi connectivity index (χ2n) is 7.16. The van der Waals surface area contributed by atoms with E-state index < -0.39 is 0 Å². The molecule has 0 saturated carbocycles. The van der Waals surface area contributed by atoms with Crippen LogP contribution < -0.4 is 15.4 Å². The predicted octanol–water partition coefficient (Wildman–Crippen LogP) is 2.70. The zero-order valence-corrected chi connectivity index (χ0v) is 16.9. The van der Waals surface area contributed by atoms with Crippen LogP contribution in [0.4, 0.5) is 0 Å². The van der Waals surface area contributed by atoms with E-state index in [1.54, 1.807) is 29.8 Å². The molecule has 0 aliphatic heterocycles. The molecule has 0 aliphatic rings. The molecular weight excluding hydrogens is 368 g/mol. The number of carbonyl (C=O) groups is 2. The Morgan fingerprint density at radius 2 is 1.83 bits per heavy atom. The highest BCUT2D eigenvalue weighted by molar-refractivity contribution is 6.02. The number of ether oxygens (including phenoxy) is 1. The maximum absolute atomic E-state index is 12.7. The molecule has 29 heavy (non-hydrogen) atoms. The van der Waals surface area contributed by atoms with Gasteiger partial charge in [-0.15, -0.1) is 0 Å². The van der Waals surface area contributed by atoms with E-state index in [0.29, 0.717) is 30.9 Å². The molecule has 0 spiro atoms. The summed E-state index contributed by atoms with van der Waals surface area (Å²) in [5.74, 6) is 0.692. The van der Waals surface area contributed by atoms with E-state index in [0.717, 1.165) is 11.3 Å². The van der Waals surface area contributed by atoms with Crippen molar-refractivity contribution in [2.24, 2.45) is 5.92 Å². The molecule has 2 amide bonds. The maximum atomic E-state index is 12.7. The minimum Gasteiger partial charge on any atom is -0.496 e. The molecule has 0 fully saturated rings. The molecule has 1 aromatic carbocycles. The number of nitrogens with one attached hydrogen (secondary N) is 2. The third kappa shape index (κ3) is 4.74. The van der Waals surface area contributed by atoms with Gasteiger partial charge in [-0.1, -0.05) is 38.1 Å². The zero-order chi connectivity index (χ0) is 20.8. The minimum absolute atomic E-state index is 0.190. The maximum Gasteiger partial charge on any atom is 0.287 e. The number of para-hydroxylation sites is 1. The van der Waals surface area contributed by atoms with Crippen LogP contribution in [0.5, 0.6) is 5.75 Å². The van der Waals surface area contributed by atoms with Crippen LogP contribution in [-0.4, -0.2) is 41.4 Å². The van der Waals surface area contributed by atoms with Gasteiger partial charge in [0.05, 0.1) is 12.6 Å². The normalized spacial score (nSPS) is 10.9. The number of methoxy groups -OCH3 is 1. The average Bonchev–Trinajstić information content (AvgIpc) is 3.12. The largest absolute Gasteiger partial charge is 0.496 e. The first-order chi connectivity index (χ1) is 14.0. The topological polar surface area (TPSA) is 84.7 Å². The molecule has 0 aliphatic carbocycles. The van der Waals surface area contributed by atoms with E-state index in [1.807, 2.05) is 44.2 Å². The van der Waals surface area contributed by atoms with Gasteiger partial charge in [-0.3, -0.25) is 14.0 Å². The van der Waals surface area contributed by atoms with Gasteiger partial charge in [0.15, 0.2) is 5.69 Å². The summed E-state index contributed by atoms with van der Waals surface area (Å²) in [6.45, 7) is 5.01. The summed E-state index contributed by atoms with van der Waals surface area (Å²) in [7, 11) is 1.62. The van der Waals surface area contributed by atoms with Gasteiger partial charge in [0, 0.05) is 19.3 Å². The summed E-state index contributed by atoms with van der Waals surface area (Å²) >= 11 is 0. The first kappa shape index (κ1) is 20.4. The zero-order valence-electron chi connectivity index (χ0n) is 16.9. The Morgan fingerprint density at radius 3 is 2.59 bits per heavy atom. The van der Waals surface area contributed by atoms with Crippen LogP contribution in [0, 0.1) is 5.92 Å². The Labute approximate surface area is 170 Å². The molecule has 7 heteroatoms. The third-order valence-electron chi connectivity index (χ3n) is 4.51. The summed E-state index contributed by atoms with van der Waals surface area (Å²) in [4.78, 5) is 29.6. The van der Waals surface area contributed by atoms with Crippen LogP contribution in [0.3, 0.4) is 0 Å². The molecule has 0 radical (unpaired) electrons. The van der Waals surface area contributed by atoms with Gasteiger partial charge in [0.1, 0.15) is 5.75 Å². The molecular formula is C22H26N4O3. The quantitative estimate of drug-likeness (QED) is 0.615. The van der Waals surface area contributed by atoms with E-state index in [1.165, 1.54) is 0 Å². The number of imidazole rings is 1. The second-order valence-corrected chi connectivity index (χ2v) is 7.16. The van der Waals surface area contributed by atoms with Crippen LogP contribution in [0.1, 0.15) is 40.5 Å². The number of hydrogen-bond acceptors (Lipinski definition) is 4. The van der Waals surface area contributed by atoms with Crippen LogP contribution in [0.2, 0.25) is 0 Å². The predicted molar refractivity (Wildman–Crippen MR) is 111 cm³/mol. The van der Waals surface area contributed by atoms with E-state index in [2.05, 4.69) is 15.6 Å². The smallest absolute Gasteiger partial charge is 0.287 e. The van der Waals surface area contributed by atoms with Crippen molar-refractivity contribution in [1.82, 2.24) is 20.0 Å². The second kappa shape index (κ2) is 9.23. The van der Waals surface area contributed by atoms with Gasteiger partial charge in [-0.2, -0.15) is 0 Å². The molecule has 0 saturated heterocycles. The van der Waals surface area contributed by atoms with Crippen molar-refractivity contribution in [2.45, 2.75) is 20.3 Å². The van der Waals surface area contributed by atoms with E-state index >= 15 is 0 Å². The monoisotopic (exact) mass is 394 g/mol. The van der Waals surface area contributed by atoms with Crippen molar-refractivity contribution < 1.29 is 14.3 Å². The van der Waals surface area contributed by atoms with Crippen LogP contribution in [0.15, 0.2) is 48.7 Å². The van der Waals surface area contributed by atoms with Crippen molar-refractivity contribution in [3.8, 4) is 5.75 Å². The fourth-order valence-corrected chi connectivity index (χ4v) is 3.04. The highest BCUT2D eigenvalue weighted by atomic mass is 16.5. The van der Waals surface area contributed by atoms with Gasteiger partial charge in [0.25, 0.3) is 11.8 Å². The van der Waals surface area contributed by atoms with Crippen LogP contribution in [-0.2, 0) is 6.42 Å². The minimum atomic E-state index is -0.330. The summed E-state index contributed by atoms with van der Waals surface area (Å²) in [6.07, 6.45) is 2.36. The fraction of sp³-hybridized carbons (Fsp3) is 0.318. The lowest BCUT2D eigenvalue weighted by Crippen LogP contribution is -2.29. The Balaban J connectivity index is 1.75. The number of aromatic nitrogens is 2. The van der Waals surface area contributed by atoms with Gasteiger partial charge in [0.2, 0.25) is 5.82 Å². The molecule has 0 atom stereocenters. The number of carbonyl (C=O) groups excluding carboxylic acids is 2. The van der Waals surface area contributed by atoms with Crippen molar-refractivity contribution in [3.05, 3.63) is 65.7 Å². The first-order valence-corrected chi connectivity index (χ1v) is 9.66. The fourth-order valence-electron chi connectivity index (χ4n) is 3.04. The Hall–Kier alpha value is -3.35. The lowest BCUT2D eigenvalue weighted by Gasteiger charge is -2.08. The van der Waals surface area contributed by atoms with Gasteiger partial charge in [-0.25, -0.2) is 4.98 Å². The van der Waals surface area contributed by atoms with Crippen molar-refractivity contribution in [2.75, 3.05) is 20.2 Å². The van der Waals surface area contributed by atoms with Gasteiger partial charge < -0.3 is 15.4 Å². The van der Waals surface area contributed by atoms with E-state index in [4.69, 9.17) is 4.74 Å². The summed E-state index contributed by atoms with van der Waals surface area (Å²) < 4.78 is 6.98. The van der Waals surface area contributed by atoms with Crippen LogP contribution >= 0.6 is 0 Å². The standard InChI is InChI=1S/C22H26N4O3/c1-15(2)14-24-21(27)19-17-9-6-7-13-26(17)20(25-19)22(28)23-12-11-16-8-4-5-10-18(16)29-3/h4-10,13,15H,11-12,14H2,1-3H3,(H,23,28)(H,24,27). The highest BCUT2D eigenvalue weighted by Gasteiger charge is 2.21. The number of nitrogens with zero attached hydrogens (tertiary/aromatic N) is 2. The number of fused-ring (bicyclic) bond motifs is 1. The van der Waals surface area contributed by atoms with E-state index in [9.17, 15) is 9.59 Å². The lowest BCUT2D eigenvalue weighted by atomic mass is 10.1. The lowest BCUT2D eigenvalue weighted by molar-refractivity contribution is 0.0942. The summed E-state index contributed by atoms with van der Waals surface area (Å²) in [6, 6.07) is 13.1. The number of pyridine rings is 1. The number of amides is 2. The average molecular weight is 394 g/mol. The van der Waals surface area contributed by atoms with Crippen molar-refractivity contribution in [3.63, 3.8) is 0 Å². The summed E-state index contributed by atoms with van der Waals surface area (Å²) in [5.41, 5.74) is 1.86. The third-order valence-corrected chi connectivity index (χ3v) is 4.51. The van der Waals surface area contributed by atoms with Gasteiger partial charge >= 0.3 is 0 Å². The molecule has 3 aromatic rings. The molecule has 3 rings (SSSR count). The Morgan fingerprint density at radius 1 is 1.07 bits per heavy atom. The molecule has 7 nitrogen and oxygen atoms in total.